The quantitative estimate of drug-likeness (QED) is 0.789. The van der Waals surface area contributed by atoms with E-state index in [1.807, 2.05) is 26.8 Å². The van der Waals surface area contributed by atoms with Gasteiger partial charge in [-0.2, -0.15) is 5.26 Å². The minimum absolute atomic E-state index is 0.283. The van der Waals surface area contributed by atoms with Gasteiger partial charge in [0.2, 0.25) is 0 Å². The molecular weight excluding hydrogens is 354 g/mol. The standard InChI is InChI=1S/C22H25N3O3/c1-14-7-6-8-17(11-14)22(27)28-13-20(26)24-21-19(12-23)15(2)16(3)25(21)18-9-4-5-10-18/h6-8,11,18H,4-5,9-10,13H2,1-3H3,(H,24,26). The number of ether oxygens (including phenoxy) is 1. The monoisotopic (exact) mass is 379 g/mol. The molecule has 0 bridgehead atoms. The van der Waals surface area contributed by atoms with Gasteiger partial charge in [0.1, 0.15) is 11.9 Å². The predicted molar refractivity (Wildman–Crippen MR) is 106 cm³/mol. The van der Waals surface area contributed by atoms with Gasteiger partial charge in [-0.05, 0) is 51.3 Å². The molecule has 1 amide bonds. The molecule has 1 aromatic carbocycles. The fraction of sp³-hybridized carbons (Fsp3) is 0.409. The highest BCUT2D eigenvalue weighted by atomic mass is 16.5. The molecule has 6 nitrogen and oxygen atoms in total. The van der Waals surface area contributed by atoms with Crippen molar-refractivity contribution in [1.29, 1.82) is 5.26 Å². The fourth-order valence-corrected chi connectivity index (χ4v) is 3.86. The molecule has 1 aromatic heterocycles. The number of carbonyl (C=O) groups is 2. The molecule has 0 radical (unpaired) electrons. The van der Waals surface area contributed by atoms with E-state index in [2.05, 4.69) is 16.0 Å². The van der Waals surface area contributed by atoms with Crippen molar-refractivity contribution in [1.82, 2.24) is 4.57 Å². The highest BCUT2D eigenvalue weighted by Crippen LogP contribution is 2.37. The number of benzene rings is 1. The largest absolute Gasteiger partial charge is 0.452 e. The van der Waals surface area contributed by atoms with Crippen LogP contribution in [0.1, 0.15) is 64.5 Å². The van der Waals surface area contributed by atoms with Crippen molar-refractivity contribution in [2.24, 2.45) is 0 Å². The molecule has 1 aliphatic carbocycles. The first kappa shape index (κ1) is 19.7. The van der Waals surface area contributed by atoms with Crippen molar-refractivity contribution in [3.05, 3.63) is 52.2 Å². The number of esters is 1. The van der Waals surface area contributed by atoms with Crippen molar-refractivity contribution < 1.29 is 14.3 Å². The normalized spacial score (nSPS) is 13.9. The molecule has 1 aliphatic rings. The van der Waals surface area contributed by atoms with Crippen LogP contribution in [-0.2, 0) is 9.53 Å². The molecule has 1 N–H and O–H groups in total. The van der Waals surface area contributed by atoms with E-state index in [9.17, 15) is 14.9 Å². The van der Waals surface area contributed by atoms with E-state index < -0.39 is 18.5 Å². The molecule has 146 valence electrons. The maximum absolute atomic E-state index is 12.5. The Kier molecular flexibility index (Phi) is 5.84. The smallest absolute Gasteiger partial charge is 0.338 e. The van der Waals surface area contributed by atoms with Gasteiger partial charge in [0.15, 0.2) is 6.61 Å². The van der Waals surface area contributed by atoms with E-state index in [4.69, 9.17) is 4.74 Å². The second-order valence-corrected chi connectivity index (χ2v) is 7.35. The summed E-state index contributed by atoms with van der Waals surface area (Å²) >= 11 is 0. The summed E-state index contributed by atoms with van der Waals surface area (Å²) in [5, 5.41) is 12.4. The Morgan fingerprint density at radius 2 is 1.96 bits per heavy atom. The Bertz CT molecular complexity index is 947. The van der Waals surface area contributed by atoms with E-state index >= 15 is 0 Å². The first-order valence-corrected chi connectivity index (χ1v) is 9.57. The highest BCUT2D eigenvalue weighted by molar-refractivity contribution is 5.96. The van der Waals surface area contributed by atoms with Gasteiger partial charge in [0.05, 0.1) is 11.1 Å². The summed E-state index contributed by atoms with van der Waals surface area (Å²) in [5.41, 5.74) is 3.70. The molecule has 1 fully saturated rings. The van der Waals surface area contributed by atoms with Crippen molar-refractivity contribution in [2.75, 3.05) is 11.9 Å². The summed E-state index contributed by atoms with van der Waals surface area (Å²) in [6, 6.07) is 9.51. The summed E-state index contributed by atoms with van der Waals surface area (Å²) in [6.07, 6.45) is 4.35. The molecule has 0 unspecified atom stereocenters. The zero-order valence-corrected chi connectivity index (χ0v) is 16.5. The van der Waals surface area contributed by atoms with Crippen LogP contribution in [0.4, 0.5) is 5.82 Å². The lowest BCUT2D eigenvalue weighted by atomic mass is 10.1. The van der Waals surface area contributed by atoms with Crippen LogP contribution in [0.25, 0.3) is 0 Å². The van der Waals surface area contributed by atoms with Crippen molar-refractivity contribution in [3.63, 3.8) is 0 Å². The average Bonchev–Trinajstić information content (AvgIpc) is 3.27. The van der Waals surface area contributed by atoms with E-state index in [1.54, 1.807) is 18.2 Å². The summed E-state index contributed by atoms with van der Waals surface area (Å²) in [5.74, 6) is -0.479. The van der Waals surface area contributed by atoms with Gasteiger partial charge < -0.3 is 14.6 Å². The second kappa shape index (κ2) is 8.30. The van der Waals surface area contributed by atoms with E-state index in [0.717, 1.165) is 42.5 Å². The Balaban J connectivity index is 1.74. The third kappa shape index (κ3) is 3.94. The third-order valence-corrected chi connectivity index (χ3v) is 5.40. The molecule has 0 spiro atoms. The van der Waals surface area contributed by atoms with Crippen LogP contribution in [0.5, 0.6) is 0 Å². The lowest BCUT2D eigenvalue weighted by Gasteiger charge is -2.19. The molecule has 0 atom stereocenters. The Morgan fingerprint density at radius 3 is 2.61 bits per heavy atom. The lowest BCUT2D eigenvalue weighted by molar-refractivity contribution is -0.119. The number of aryl methyl sites for hydroxylation is 1. The highest BCUT2D eigenvalue weighted by Gasteiger charge is 2.26. The molecule has 3 rings (SSSR count). The fourth-order valence-electron chi connectivity index (χ4n) is 3.86. The minimum Gasteiger partial charge on any atom is -0.452 e. The molecule has 0 saturated heterocycles. The maximum atomic E-state index is 12.5. The summed E-state index contributed by atoms with van der Waals surface area (Å²) < 4.78 is 7.22. The number of rotatable bonds is 5. The topological polar surface area (TPSA) is 84.1 Å². The zero-order valence-electron chi connectivity index (χ0n) is 16.5. The van der Waals surface area contributed by atoms with Crippen LogP contribution >= 0.6 is 0 Å². The van der Waals surface area contributed by atoms with Gasteiger partial charge in [-0.25, -0.2) is 4.79 Å². The van der Waals surface area contributed by atoms with Gasteiger partial charge in [0.25, 0.3) is 5.91 Å². The zero-order chi connectivity index (χ0) is 20.3. The molecule has 2 aromatic rings. The number of aromatic nitrogens is 1. The Labute approximate surface area is 165 Å². The van der Waals surface area contributed by atoms with Crippen LogP contribution < -0.4 is 5.32 Å². The van der Waals surface area contributed by atoms with Crippen LogP contribution in [0, 0.1) is 32.1 Å². The number of hydrogen-bond donors (Lipinski definition) is 1. The number of nitriles is 1. The molecule has 1 heterocycles. The third-order valence-electron chi connectivity index (χ3n) is 5.40. The number of nitrogens with one attached hydrogen (secondary N) is 1. The number of nitrogens with zero attached hydrogens (tertiary/aromatic N) is 2. The van der Waals surface area contributed by atoms with Gasteiger partial charge in [0, 0.05) is 11.7 Å². The van der Waals surface area contributed by atoms with Crippen LogP contribution in [0.3, 0.4) is 0 Å². The number of anilines is 1. The first-order valence-electron chi connectivity index (χ1n) is 9.57. The van der Waals surface area contributed by atoms with Gasteiger partial charge in [-0.1, -0.05) is 30.5 Å². The summed E-state index contributed by atoms with van der Waals surface area (Å²) in [6.45, 7) is 5.36. The number of amides is 1. The van der Waals surface area contributed by atoms with Gasteiger partial charge in [-0.3, -0.25) is 4.79 Å². The van der Waals surface area contributed by atoms with Crippen LogP contribution in [-0.4, -0.2) is 23.1 Å². The average molecular weight is 379 g/mol. The number of carbonyl (C=O) groups excluding carboxylic acids is 2. The SMILES string of the molecule is Cc1cccc(C(=O)OCC(=O)Nc2c(C#N)c(C)c(C)n2C2CCCC2)c1. The van der Waals surface area contributed by atoms with Crippen LogP contribution in [0.15, 0.2) is 24.3 Å². The van der Waals surface area contributed by atoms with E-state index in [0.29, 0.717) is 16.9 Å². The maximum Gasteiger partial charge on any atom is 0.338 e. The molecule has 6 heteroatoms. The van der Waals surface area contributed by atoms with Gasteiger partial charge in [-0.15, -0.1) is 0 Å². The summed E-state index contributed by atoms with van der Waals surface area (Å²) in [4.78, 5) is 24.6. The van der Waals surface area contributed by atoms with E-state index in [1.165, 1.54) is 0 Å². The number of hydrogen-bond acceptors (Lipinski definition) is 4. The second-order valence-electron chi connectivity index (χ2n) is 7.35. The Morgan fingerprint density at radius 1 is 1.25 bits per heavy atom. The molecule has 28 heavy (non-hydrogen) atoms. The molecular formula is C22H25N3O3. The summed E-state index contributed by atoms with van der Waals surface area (Å²) in [7, 11) is 0. The van der Waals surface area contributed by atoms with E-state index in [-0.39, 0.29) is 6.04 Å². The lowest BCUT2D eigenvalue weighted by Crippen LogP contribution is -2.24. The van der Waals surface area contributed by atoms with Crippen molar-refractivity contribution in [2.45, 2.75) is 52.5 Å². The van der Waals surface area contributed by atoms with Crippen molar-refractivity contribution >= 4 is 17.7 Å². The predicted octanol–water partition coefficient (Wildman–Crippen LogP) is 4.20. The van der Waals surface area contributed by atoms with Crippen molar-refractivity contribution in [3.8, 4) is 6.07 Å². The van der Waals surface area contributed by atoms with Gasteiger partial charge >= 0.3 is 5.97 Å². The molecule has 1 saturated carbocycles. The molecule has 0 aliphatic heterocycles. The first-order chi connectivity index (χ1) is 13.4. The van der Waals surface area contributed by atoms with Crippen LogP contribution in [0.2, 0.25) is 0 Å². The Hall–Kier alpha value is -3.07. The minimum atomic E-state index is -0.544.